The molecule has 2 aromatic rings. The second-order valence-electron chi connectivity index (χ2n) is 4.83. The SMILES string of the molecule is Cc1ccc(/C(Cc2ccc(S(C)(=O)=O)cc2)=N/O)cn1. The van der Waals surface area contributed by atoms with Crippen LogP contribution in [0.2, 0.25) is 0 Å². The normalized spacial score (nSPS) is 12.4. The largest absolute Gasteiger partial charge is 0.411 e. The zero-order chi connectivity index (χ0) is 15.5. The molecular weight excluding hydrogens is 288 g/mol. The zero-order valence-electron chi connectivity index (χ0n) is 11.8. The molecule has 0 atom stereocenters. The molecule has 110 valence electrons. The predicted molar refractivity (Wildman–Crippen MR) is 80.6 cm³/mol. The quantitative estimate of drug-likeness (QED) is 0.533. The van der Waals surface area contributed by atoms with Crippen molar-refractivity contribution in [3.05, 3.63) is 59.4 Å². The Hall–Kier alpha value is -2.21. The lowest BCUT2D eigenvalue weighted by Crippen LogP contribution is -2.06. The first-order valence-corrected chi connectivity index (χ1v) is 8.22. The standard InChI is InChI=1S/C15H16N2O3S/c1-11-3-6-13(10-16-11)15(17-18)9-12-4-7-14(8-5-12)21(2,19)20/h3-8,10,18H,9H2,1-2H3/b17-15+. The highest BCUT2D eigenvalue weighted by molar-refractivity contribution is 7.90. The second kappa shape index (κ2) is 6.05. The fourth-order valence-corrected chi connectivity index (χ4v) is 2.51. The van der Waals surface area contributed by atoms with Crippen molar-refractivity contribution >= 4 is 15.5 Å². The van der Waals surface area contributed by atoms with Crippen LogP contribution in [0.4, 0.5) is 0 Å². The Bertz CT molecular complexity index is 749. The summed E-state index contributed by atoms with van der Waals surface area (Å²) in [5, 5.41) is 12.5. The van der Waals surface area contributed by atoms with Crippen molar-refractivity contribution in [1.82, 2.24) is 4.98 Å². The number of hydrogen-bond donors (Lipinski definition) is 1. The molecule has 5 nitrogen and oxygen atoms in total. The molecule has 0 fully saturated rings. The van der Waals surface area contributed by atoms with E-state index in [1.807, 2.05) is 19.1 Å². The first-order chi connectivity index (χ1) is 9.90. The van der Waals surface area contributed by atoms with Gasteiger partial charge in [-0.2, -0.15) is 0 Å². The van der Waals surface area contributed by atoms with Crippen LogP contribution in [0.5, 0.6) is 0 Å². The zero-order valence-corrected chi connectivity index (χ0v) is 12.6. The molecule has 0 aliphatic rings. The number of benzene rings is 1. The van der Waals surface area contributed by atoms with Crippen LogP contribution in [0.3, 0.4) is 0 Å². The van der Waals surface area contributed by atoms with Gasteiger partial charge in [-0.3, -0.25) is 4.98 Å². The minimum atomic E-state index is -3.20. The van der Waals surface area contributed by atoms with E-state index in [-0.39, 0.29) is 4.90 Å². The molecule has 0 aliphatic heterocycles. The lowest BCUT2D eigenvalue weighted by molar-refractivity contribution is 0.318. The average Bonchev–Trinajstić information content (AvgIpc) is 2.45. The number of sulfone groups is 1. The van der Waals surface area contributed by atoms with Crippen molar-refractivity contribution in [2.75, 3.05) is 6.26 Å². The number of oxime groups is 1. The van der Waals surface area contributed by atoms with E-state index in [1.165, 1.54) is 6.26 Å². The van der Waals surface area contributed by atoms with Gasteiger partial charge in [-0.15, -0.1) is 0 Å². The summed E-state index contributed by atoms with van der Waals surface area (Å²) in [5.41, 5.74) is 2.95. The lowest BCUT2D eigenvalue weighted by Gasteiger charge is -2.06. The van der Waals surface area contributed by atoms with E-state index in [4.69, 9.17) is 5.21 Å². The Morgan fingerprint density at radius 2 is 1.86 bits per heavy atom. The number of aromatic nitrogens is 1. The third kappa shape index (κ3) is 3.88. The van der Waals surface area contributed by atoms with Crippen molar-refractivity contribution in [1.29, 1.82) is 0 Å². The third-order valence-electron chi connectivity index (χ3n) is 3.09. The molecule has 0 saturated carbocycles. The highest BCUT2D eigenvalue weighted by atomic mass is 32.2. The van der Waals surface area contributed by atoms with E-state index in [0.717, 1.165) is 16.8 Å². The van der Waals surface area contributed by atoms with Gasteiger partial charge in [0.25, 0.3) is 0 Å². The smallest absolute Gasteiger partial charge is 0.175 e. The fourth-order valence-electron chi connectivity index (χ4n) is 1.88. The van der Waals surface area contributed by atoms with Crippen LogP contribution in [0.25, 0.3) is 0 Å². The number of nitrogens with zero attached hydrogens (tertiary/aromatic N) is 2. The predicted octanol–water partition coefficient (Wildman–Crippen LogP) is 2.21. The highest BCUT2D eigenvalue weighted by Crippen LogP contribution is 2.13. The van der Waals surface area contributed by atoms with Gasteiger partial charge in [-0.1, -0.05) is 17.3 Å². The van der Waals surface area contributed by atoms with Crippen molar-refractivity contribution in [2.45, 2.75) is 18.2 Å². The molecule has 1 aromatic carbocycles. The van der Waals surface area contributed by atoms with Crippen molar-refractivity contribution < 1.29 is 13.6 Å². The average molecular weight is 304 g/mol. The van der Waals surface area contributed by atoms with E-state index < -0.39 is 9.84 Å². The van der Waals surface area contributed by atoms with E-state index >= 15 is 0 Å². The number of aryl methyl sites for hydroxylation is 1. The van der Waals surface area contributed by atoms with Gasteiger partial charge in [0.05, 0.1) is 10.6 Å². The first-order valence-electron chi connectivity index (χ1n) is 6.33. The van der Waals surface area contributed by atoms with Crippen molar-refractivity contribution in [3.8, 4) is 0 Å². The summed E-state index contributed by atoms with van der Waals surface area (Å²) in [4.78, 5) is 4.43. The van der Waals surface area contributed by atoms with Gasteiger partial charge in [-0.05, 0) is 36.8 Å². The van der Waals surface area contributed by atoms with Crippen LogP contribution >= 0.6 is 0 Å². The summed E-state index contributed by atoms with van der Waals surface area (Å²) in [6, 6.07) is 10.2. The molecule has 0 aliphatic carbocycles. The van der Waals surface area contributed by atoms with Gasteiger partial charge < -0.3 is 5.21 Å². The lowest BCUT2D eigenvalue weighted by atomic mass is 10.0. The maximum atomic E-state index is 11.4. The minimum absolute atomic E-state index is 0.269. The Labute approximate surface area is 123 Å². The fraction of sp³-hybridized carbons (Fsp3) is 0.200. The van der Waals surface area contributed by atoms with Crippen molar-refractivity contribution in [2.24, 2.45) is 5.16 Å². The molecular formula is C15H16N2O3S. The van der Waals surface area contributed by atoms with Gasteiger partial charge in [-0.25, -0.2) is 8.42 Å². The van der Waals surface area contributed by atoms with Crippen LogP contribution in [0, 0.1) is 6.92 Å². The molecule has 1 aromatic heterocycles. The van der Waals surface area contributed by atoms with Crippen LogP contribution in [0.15, 0.2) is 52.6 Å². The molecule has 1 N–H and O–H groups in total. The van der Waals surface area contributed by atoms with Gasteiger partial charge in [0.15, 0.2) is 9.84 Å². The molecule has 6 heteroatoms. The molecule has 0 amide bonds. The number of hydrogen-bond acceptors (Lipinski definition) is 5. The summed E-state index contributed by atoms with van der Waals surface area (Å²) < 4.78 is 22.8. The topological polar surface area (TPSA) is 79.6 Å². The van der Waals surface area contributed by atoms with Crippen LogP contribution in [-0.4, -0.2) is 30.6 Å². The maximum absolute atomic E-state index is 11.4. The molecule has 0 saturated heterocycles. The number of rotatable bonds is 4. The Morgan fingerprint density at radius 3 is 2.33 bits per heavy atom. The van der Waals surface area contributed by atoms with Gasteiger partial charge in [0, 0.05) is 30.1 Å². The highest BCUT2D eigenvalue weighted by Gasteiger charge is 2.09. The Kier molecular flexibility index (Phi) is 4.37. The third-order valence-corrected chi connectivity index (χ3v) is 4.22. The van der Waals surface area contributed by atoms with E-state index in [1.54, 1.807) is 30.5 Å². The van der Waals surface area contributed by atoms with Gasteiger partial charge >= 0.3 is 0 Å². The minimum Gasteiger partial charge on any atom is -0.411 e. The molecule has 0 radical (unpaired) electrons. The van der Waals surface area contributed by atoms with Gasteiger partial charge in [0.2, 0.25) is 0 Å². The molecule has 21 heavy (non-hydrogen) atoms. The van der Waals surface area contributed by atoms with Crippen LogP contribution < -0.4 is 0 Å². The maximum Gasteiger partial charge on any atom is 0.175 e. The summed E-state index contributed by atoms with van der Waals surface area (Å²) in [6.07, 6.45) is 3.21. The van der Waals surface area contributed by atoms with Crippen LogP contribution in [0.1, 0.15) is 16.8 Å². The summed E-state index contributed by atoms with van der Waals surface area (Å²) in [7, 11) is -3.20. The summed E-state index contributed by atoms with van der Waals surface area (Å²) in [6.45, 7) is 1.88. The first kappa shape index (κ1) is 15.2. The molecule has 0 bridgehead atoms. The molecule has 0 unspecified atom stereocenters. The van der Waals surface area contributed by atoms with E-state index in [2.05, 4.69) is 10.1 Å². The molecule has 0 spiro atoms. The molecule has 1 heterocycles. The van der Waals surface area contributed by atoms with E-state index in [0.29, 0.717) is 12.1 Å². The van der Waals surface area contributed by atoms with E-state index in [9.17, 15) is 8.42 Å². The second-order valence-corrected chi connectivity index (χ2v) is 6.84. The molecule has 2 rings (SSSR count). The number of pyridine rings is 1. The summed E-state index contributed by atoms with van der Waals surface area (Å²) >= 11 is 0. The Balaban J connectivity index is 2.22. The van der Waals surface area contributed by atoms with Crippen LogP contribution in [-0.2, 0) is 16.3 Å². The summed E-state index contributed by atoms with van der Waals surface area (Å²) in [5.74, 6) is 0. The Morgan fingerprint density at radius 1 is 1.19 bits per heavy atom. The monoisotopic (exact) mass is 304 g/mol. The van der Waals surface area contributed by atoms with Gasteiger partial charge in [0.1, 0.15) is 0 Å². The van der Waals surface area contributed by atoms with Crippen molar-refractivity contribution in [3.63, 3.8) is 0 Å².